The minimum atomic E-state index is -0.522. The SMILES string of the molecule is N#CC(=CNc1ccc(Cl)cc1)C(=O)Nc1cccc(Cl)c1. The minimum Gasteiger partial charge on any atom is -0.360 e. The first kappa shape index (κ1) is 15.9. The summed E-state index contributed by atoms with van der Waals surface area (Å²) in [5.41, 5.74) is 1.17. The molecule has 0 spiro atoms. The third-order valence-corrected chi connectivity index (χ3v) is 3.16. The zero-order chi connectivity index (χ0) is 15.9. The fraction of sp³-hybridized carbons (Fsp3) is 0. The monoisotopic (exact) mass is 331 g/mol. The van der Waals surface area contributed by atoms with Crippen LogP contribution in [-0.4, -0.2) is 5.91 Å². The van der Waals surface area contributed by atoms with Gasteiger partial charge in [-0.25, -0.2) is 0 Å². The molecule has 0 saturated heterocycles. The Morgan fingerprint density at radius 2 is 1.77 bits per heavy atom. The predicted molar refractivity (Wildman–Crippen MR) is 88.9 cm³/mol. The quantitative estimate of drug-likeness (QED) is 0.642. The molecule has 2 rings (SSSR count). The highest BCUT2D eigenvalue weighted by molar-refractivity contribution is 6.31. The molecule has 0 aliphatic heterocycles. The second kappa shape index (κ2) is 7.51. The van der Waals surface area contributed by atoms with E-state index in [1.807, 2.05) is 6.07 Å². The number of anilines is 2. The van der Waals surface area contributed by atoms with Crippen LogP contribution in [0.1, 0.15) is 0 Å². The molecule has 2 aromatic rings. The molecule has 2 N–H and O–H groups in total. The maximum Gasteiger partial charge on any atom is 0.267 e. The Morgan fingerprint density at radius 1 is 1.05 bits per heavy atom. The number of nitrogens with zero attached hydrogens (tertiary/aromatic N) is 1. The van der Waals surface area contributed by atoms with Gasteiger partial charge in [0.1, 0.15) is 11.6 Å². The van der Waals surface area contributed by atoms with Gasteiger partial charge in [0.15, 0.2) is 0 Å². The summed E-state index contributed by atoms with van der Waals surface area (Å²) in [4.78, 5) is 12.0. The molecular weight excluding hydrogens is 321 g/mol. The van der Waals surface area contributed by atoms with Gasteiger partial charge in [-0.05, 0) is 42.5 Å². The standard InChI is InChI=1S/C16H11Cl2N3O/c17-12-4-6-14(7-5-12)20-10-11(9-19)16(22)21-15-3-1-2-13(18)8-15/h1-8,10,20H,(H,21,22). The summed E-state index contributed by atoms with van der Waals surface area (Å²) in [6.07, 6.45) is 1.34. The van der Waals surface area contributed by atoms with Crippen LogP contribution in [0.5, 0.6) is 0 Å². The van der Waals surface area contributed by atoms with Gasteiger partial charge in [0, 0.05) is 27.6 Å². The van der Waals surface area contributed by atoms with Crippen molar-refractivity contribution in [2.75, 3.05) is 10.6 Å². The van der Waals surface area contributed by atoms with Crippen molar-refractivity contribution in [3.8, 4) is 6.07 Å². The molecule has 0 bridgehead atoms. The summed E-state index contributed by atoms with van der Waals surface area (Å²) in [6, 6.07) is 15.4. The van der Waals surface area contributed by atoms with E-state index in [9.17, 15) is 4.79 Å². The lowest BCUT2D eigenvalue weighted by Gasteiger charge is -2.05. The first-order valence-corrected chi connectivity index (χ1v) is 7.03. The topological polar surface area (TPSA) is 64.9 Å². The lowest BCUT2D eigenvalue weighted by Crippen LogP contribution is -2.14. The molecule has 0 fully saturated rings. The molecule has 0 aliphatic carbocycles. The number of hydrogen-bond donors (Lipinski definition) is 2. The molecule has 0 aromatic heterocycles. The largest absolute Gasteiger partial charge is 0.360 e. The van der Waals surface area contributed by atoms with Crippen molar-refractivity contribution in [1.29, 1.82) is 5.26 Å². The average Bonchev–Trinajstić information content (AvgIpc) is 2.49. The predicted octanol–water partition coefficient (Wildman–Crippen LogP) is 4.45. The van der Waals surface area contributed by atoms with Gasteiger partial charge in [-0.2, -0.15) is 5.26 Å². The second-order valence-corrected chi connectivity index (χ2v) is 5.16. The number of carbonyl (C=O) groups is 1. The van der Waals surface area contributed by atoms with E-state index < -0.39 is 5.91 Å². The van der Waals surface area contributed by atoms with Crippen LogP contribution in [0.15, 0.2) is 60.3 Å². The molecule has 110 valence electrons. The van der Waals surface area contributed by atoms with Crippen molar-refractivity contribution < 1.29 is 4.79 Å². The summed E-state index contributed by atoms with van der Waals surface area (Å²) < 4.78 is 0. The summed E-state index contributed by atoms with van der Waals surface area (Å²) in [5, 5.41) is 15.7. The Labute approximate surface area is 138 Å². The third-order valence-electron chi connectivity index (χ3n) is 2.67. The molecule has 4 nitrogen and oxygen atoms in total. The highest BCUT2D eigenvalue weighted by Crippen LogP contribution is 2.16. The number of benzene rings is 2. The number of hydrogen-bond acceptors (Lipinski definition) is 3. The molecule has 0 saturated carbocycles. The van der Waals surface area contributed by atoms with Crippen molar-refractivity contribution in [2.45, 2.75) is 0 Å². The Morgan fingerprint density at radius 3 is 2.41 bits per heavy atom. The minimum absolute atomic E-state index is 0.0603. The molecule has 0 heterocycles. The molecule has 0 radical (unpaired) electrons. The first-order valence-electron chi connectivity index (χ1n) is 6.28. The summed E-state index contributed by atoms with van der Waals surface area (Å²) in [7, 11) is 0. The Balaban J connectivity index is 2.07. The number of nitriles is 1. The normalized spacial score (nSPS) is 10.7. The van der Waals surface area contributed by atoms with Crippen LogP contribution in [0.25, 0.3) is 0 Å². The van der Waals surface area contributed by atoms with E-state index >= 15 is 0 Å². The molecule has 6 heteroatoms. The van der Waals surface area contributed by atoms with E-state index in [0.717, 1.165) is 0 Å². The fourth-order valence-corrected chi connectivity index (χ4v) is 1.93. The maximum atomic E-state index is 12.0. The van der Waals surface area contributed by atoms with Crippen LogP contribution in [0.3, 0.4) is 0 Å². The number of nitrogens with one attached hydrogen (secondary N) is 2. The van der Waals surface area contributed by atoms with Crippen LogP contribution < -0.4 is 10.6 Å². The van der Waals surface area contributed by atoms with Crippen LogP contribution in [0.2, 0.25) is 10.0 Å². The molecule has 22 heavy (non-hydrogen) atoms. The highest BCUT2D eigenvalue weighted by atomic mass is 35.5. The number of halogens is 2. The van der Waals surface area contributed by atoms with Crippen molar-refractivity contribution in [1.82, 2.24) is 0 Å². The van der Waals surface area contributed by atoms with Gasteiger partial charge < -0.3 is 10.6 Å². The van der Waals surface area contributed by atoms with Gasteiger partial charge in [0.05, 0.1) is 0 Å². The Hall–Kier alpha value is -2.48. The average molecular weight is 332 g/mol. The van der Waals surface area contributed by atoms with Gasteiger partial charge in [-0.1, -0.05) is 29.3 Å². The van der Waals surface area contributed by atoms with Crippen molar-refractivity contribution in [3.63, 3.8) is 0 Å². The van der Waals surface area contributed by atoms with E-state index in [0.29, 0.717) is 21.4 Å². The van der Waals surface area contributed by atoms with E-state index in [2.05, 4.69) is 10.6 Å². The van der Waals surface area contributed by atoms with Crippen molar-refractivity contribution in [2.24, 2.45) is 0 Å². The summed E-state index contributed by atoms with van der Waals surface area (Å²) >= 11 is 11.6. The van der Waals surface area contributed by atoms with Gasteiger partial charge in [-0.3, -0.25) is 4.79 Å². The molecule has 2 aromatic carbocycles. The highest BCUT2D eigenvalue weighted by Gasteiger charge is 2.09. The zero-order valence-corrected chi connectivity index (χ0v) is 12.8. The maximum absolute atomic E-state index is 12.0. The van der Waals surface area contributed by atoms with Crippen LogP contribution >= 0.6 is 23.2 Å². The van der Waals surface area contributed by atoms with Crippen molar-refractivity contribution >= 4 is 40.5 Å². The van der Waals surface area contributed by atoms with Crippen LogP contribution in [0, 0.1) is 11.3 Å². The second-order valence-electron chi connectivity index (χ2n) is 4.29. The molecular formula is C16H11Cl2N3O. The molecule has 0 atom stereocenters. The number of rotatable bonds is 4. The molecule has 1 amide bonds. The Kier molecular flexibility index (Phi) is 5.42. The summed E-state index contributed by atoms with van der Waals surface area (Å²) in [5.74, 6) is -0.522. The Bertz CT molecular complexity index is 749. The first-order chi connectivity index (χ1) is 10.6. The van der Waals surface area contributed by atoms with Gasteiger partial charge in [0.25, 0.3) is 5.91 Å². The smallest absolute Gasteiger partial charge is 0.267 e. The molecule has 0 aliphatic rings. The van der Waals surface area contributed by atoms with E-state index in [-0.39, 0.29) is 5.57 Å². The van der Waals surface area contributed by atoms with Crippen molar-refractivity contribution in [3.05, 3.63) is 70.3 Å². The number of carbonyl (C=O) groups excluding carboxylic acids is 1. The van der Waals surface area contributed by atoms with E-state index in [1.54, 1.807) is 48.5 Å². The molecule has 0 unspecified atom stereocenters. The fourth-order valence-electron chi connectivity index (χ4n) is 1.61. The van der Waals surface area contributed by atoms with Gasteiger partial charge >= 0.3 is 0 Å². The van der Waals surface area contributed by atoms with Crippen LogP contribution in [0.4, 0.5) is 11.4 Å². The summed E-state index contributed by atoms with van der Waals surface area (Å²) in [6.45, 7) is 0. The van der Waals surface area contributed by atoms with Gasteiger partial charge in [0.2, 0.25) is 0 Å². The van der Waals surface area contributed by atoms with E-state index in [1.165, 1.54) is 6.20 Å². The van der Waals surface area contributed by atoms with Crippen LogP contribution in [-0.2, 0) is 4.79 Å². The zero-order valence-electron chi connectivity index (χ0n) is 11.3. The number of amides is 1. The third kappa shape index (κ3) is 4.52. The lowest BCUT2D eigenvalue weighted by molar-refractivity contribution is -0.112. The lowest BCUT2D eigenvalue weighted by atomic mass is 10.2. The van der Waals surface area contributed by atoms with E-state index in [4.69, 9.17) is 28.5 Å². The van der Waals surface area contributed by atoms with Gasteiger partial charge in [-0.15, -0.1) is 0 Å².